The highest BCUT2D eigenvalue weighted by Gasteiger charge is 2.30. The lowest BCUT2D eigenvalue weighted by molar-refractivity contribution is -0.129. The molecule has 2 fully saturated rings. The summed E-state index contributed by atoms with van der Waals surface area (Å²) in [5.41, 5.74) is 1.23. The molecule has 2 N–H and O–H groups in total. The third-order valence-corrected chi connectivity index (χ3v) is 4.49. The van der Waals surface area contributed by atoms with Crippen molar-refractivity contribution in [3.05, 3.63) is 30.3 Å². The van der Waals surface area contributed by atoms with Crippen molar-refractivity contribution < 1.29 is 9.53 Å². The number of ether oxygens (including phenoxy) is 1. The van der Waals surface area contributed by atoms with Gasteiger partial charge in [-0.3, -0.25) is 4.79 Å². The number of carbonyl (C=O) groups is 1. The maximum absolute atomic E-state index is 12.4. The number of amides is 1. The summed E-state index contributed by atoms with van der Waals surface area (Å²) in [7, 11) is 0. The summed E-state index contributed by atoms with van der Waals surface area (Å²) in [5.74, 6) is 0.0621. The van der Waals surface area contributed by atoms with E-state index in [1.807, 2.05) is 13.0 Å². The summed E-state index contributed by atoms with van der Waals surface area (Å²) in [6.07, 6.45) is 2.07. The van der Waals surface area contributed by atoms with Gasteiger partial charge < -0.3 is 20.3 Å². The van der Waals surface area contributed by atoms with Crippen molar-refractivity contribution in [1.82, 2.24) is 10.6 Å². The van der Waals surface area contributed by atoms with Crippen LogP contribution in [0.15, 0.2) is 30.3 Å². The predicted molar refractivity (Wildman–Crippen MR) is 87.0 cm³/mol. The van der Waals surface area contributed by atoms with E-state index in [9.17, 15) is 4.79 Å². The predicted octanol–water partition coefficient (Wildman–Crippen LogP) is 1.15. The number of para-hydroxylation sites is 1. The summed E-state index contributed by atoms with van der Waals surface area (Å²) in [6.45, 7) is 5.29. The van der Waals surface area contributed by atoms with Gasteiger partial charge in [-0.1, -0.05) is 18.2 Å². The lowest BCUT2D eigenvalue weighted by atomic mass is 10.0. The van der Waals surface area contributed by atoms with Gasteiger partial charge in [0.1, 0.15) is 6.04 Å². The summed E-state index contributed by atoms with van der Waals surface area (Å²) < 4.78 is 5.56. The van der Waals surface area contributed by atoms with Crippen LogP contribution >= 0.6 is 0 Å². The second-order valence-corrected chi connectivity index (χ2v) is 6.14. The van der Waals surface area contributed by atoms with Gasteiger partial charge in [0.2, 0.25) is 5.91 Å². The van der Waals surface area contributed by atoms with Gasteiger partial charge in [-0.15, -0.1) is 0 Å². The lowest BCUT2D eigenvalue weighted by Crippen LogP contribution is -2.58. The number of morpholine rings is 1. The average Bonchev–Trinajstić information content (AvgIpc) is 2.56. The fourth-order valence-electron chi connectivity index (χ4n) is 3.29. The van der Waals surface area contributed by atoms with Gasteiger partial charge in [-0.05, 0) is 31.9 Å². The van der Waals surface area contributed by atoms with Crippen molar-refractivity contribution in [3.63, 3.8) is 0 Å². The van der Waals surface area contributed by atoms with Gasteiger partial charge in [0.25, 0.3) is 0 Å². The van der Waals surface area contributed by atoms with Crippen molar-refractivity contribution in [2.45, 2.75) is 38.0 Å². The fraction of sp³-hybridized carbons (Fsp3) is 0.588. The highest BCUT2D eigenvalue weighted by Crippen LogP contribution is 2.19. The Balaban J connectivity index is 1.57. The van der Waals surface area contributed by atoms with E-state index in [-0.39, 0.29) is 24.1 Å². The molecule has 5 heteroatoms. The standard InChI is InChI=1S/C17H25N3O2/c1-13-16(18-9-11-22-13)17(21)19-14-6-5-10-20(12-14)15-7-3-2-4-8-15/h2-4,7-8,13-14,16,18H,5-6,9-12H2,1H3,(H,19,21)/t13-,14?,16+/m1/s1. The molecule has 0 radical (unpaired) electrons. The maximum atomic E-state index is 12.4. The van der Waals surface area contributed by atoms with Crippen LogP contribution in [0.1, 0.15) is 19.8 Å². The van der Waals surface area contributed by atoms with Crippen LogP contribution < -0.4 is 15.5 Å². The normalized spacial score (nSPS) is 29.1. The van der Waals surface area contributed by atoms with Gasteiger partial charge in [0, 0.05) is 31.4 Å². The summed E-state index contributed by atoms with van der Waals surface area (Å²) in [6, 6.07) is 10.4. The van der Waals surface area contributed by atoms with Crippen LogP contribution in [0.5, 0.6) is 0 Å². The number of carbonyl (C=O) groups excluding carboxylic acids is 1. The molecule has 3 rings (SSSR count). The zero-order valence-electron chi connectivity index (χ0n) is 13.1. The van der Waals surface area contributed by atoms with E-state index in [1.54, 1.807) is 0 Å². The van der Waals surface area contributed by atoms with E-state index >= 15 is 0 Å². The molecule has 2 aliphatic rings. The first-order valence-corrected chi connectivity index (χ1v) is 8.19. The Morgan fingerprint density at radius 1 is 1.36 bits per heavy atom. The first kappa shape index (κ1) is 15.3. The lowest BCUT2D eigenvalue weighted by Gasteiger charge is -2.36. The molecule has 22 heavy (non-hydrogen) atoms. The minimum atomic E-state index is -0.235. The Morgan fingerprint density at radius 3 is 2.95 bits per heavy atom. The molecule has 0 bridgehead atoms. The minimum absolute atomic E-state index is 0.0621. The fourth-order valence-corrected chi connectivity index (χ4v) is 3.29. The number of anilines is 1. The molecule has 0 aromatic heterocycles. The van der Waals surface area contributed by atoms with Crippen molar-refractivity contribution in [3.8, 4) is 0 Å². The van der Waals surface area contributed by atoms with Crippen LogP contribution in [0.2, 0.25) is 0 Å². The average molecular weight is 303 g/mol. The Morgan fingerprint density at radius 2 is 2.18 bits per heavy atom. The molecule has 1 amide bonds. The highest BCUT2D eigenvalue weighted by molar-refractivity contribution is 5.82. The van der Waals surface area contributed by atoms with Gasteiger partial charge in [-0.25, -0.2) is 0 Å². The van der Waals surface area contributed by atoms with E-state index in [4.69, 9.17) is 4.74 Å². The molecule has 0 saturated carbocycles. The maximum Gasteiger partial charge on any atom is 0.240 e. The van der Waals surface area contributed by atoms with Gasteiger partial charge in [0.15, 0.2) is 0 Å². The number of hydrogen-bond donors (Lipinski definition) is 2. The second kappa shape index (κ2) is 7.11. The SMILES string of the molecule is C[C@H]1OCCN[C@@H]1C(=O)NC1CCCN(c2ccccc2)C1. The van der Waals surface area contributed by atoms with Crippen molar-refractivity contribution in [1.29, 1.82) is 0 Å². The Kier molecular flexibility index (Phi) is 4.95. The Hall–Kier alpha value is -1.59. The van der Waals surface area contributed by atoms with E-state index in [2.05, 4.69) is 39.8 Å². The largest absolute Gasteiger partial charge is 0.375 e. The summed E-state index contributed by atoms with van der Waals surface area (Å²) >= 11 is 0. The quantitative estimate of drug-likeness (QED) is 0.879. The third kappa shape index (κ3) is 3.59. The summed E-state index contributed by atoms with van der Waals surface area (Å²) in [5, 5.41) is 6.45. The van der Waals surface area contributed by atoms with E-state index in [0.29, 0.717) is 6.61 Å². The van der Waals surface area contributed by atoms with Crippen LogP contribution in [0.25, 0.3) is 0 Å². The first-order chi connectivity index (χ1) is 10.7. The Bertz CT molecular complexity index is 494. The molecular formula is C17H25N3O2. The summed E-state index contributed by atoms with van der Waals surface area (Å²) in [4.78, 5) is 14.8. The molecule has 120 valence electrons. The van der Waals surface area contributed by atoms with Gasteiger partial charge >= 0.3 is 0 Å². The van der Waals surface area contributed by atoms with Crippen molar-refractivity contribution in [2.24, 2.45) is 0 Å². The van der Waals surface area contributed by atoms with Crippen LogP contribution in [-0.4, -0.2) is 50.3 Å². The first-order valence-electron chi connectivity index (χ1n) is 8.19. The molecule has 3 atom stereocenters. The van der Waals surface area contributed by atoms with E-state index in [0.717, 1.165) is 32.5 Å². The molecule has 0 spiro atoms. The van der Waals surface area contributed by atoms with E-state index in [1.165, 1.54) is 5.69 Å². The molecule has 2 saturated heterocycles. The van der Waals surface area contributed by atoms with Gasteiger partial charge in [-0.2, -0.15) is 0 Å². The molecule has 2 heterocycles. The number of rotatable bonds is 3. The highest BCUT2D eigenvalue weighted by atomic mass is 16.5. The number of piperidine rings is 1. The smallest absolute Gasteiger partial charge is 0.240 e. The monoisotopic (exact) mass is 303 g/mol. The molecule has 0 aliphatic carbocycles. The zero-order valence-corrected chi connectivity index (χ0v) is 13.1. The number of nitrogens with zero attached hydrogens (tertiary/aromatic N) is 1. The van der Waals surface area contributed by atoms with Crippen molar-refractivity contribution in [2.75, 3.05) is 31.1 Å². The number of benzene rings is 1. The topological polar surface area (TPSA) is 53.6 Å². The van der Waals surface area contributed by atoms with Crippen LogP contribution in [-0.2, 0) is 9.53 Å². The van der Waals surface area contributed by atoms with Crippen molar-refractivity contribution >= 4 is 11.6 Å². The Labute approximate surface area is 132 Å². The zero-order chi connectivity index (χ0) is 15.4. The minimum Gasteiger partial charge on any atom is -0.375 e. The number of nitrogens with one attached hydrogen (secondary N) is 2. The molecule has 2 aliphatic heterocycles. The number of hydrogen-bond acceptors (Lipinski definition) is 4. The second-order valence-electron chi connectivity index (χ2n) is 6.14. The van der Waals surface area contributed by atoms with Crippen LogP contribution in [0.4, 0.5) is 5.69 Å². The molecule has 1 aromatic carbocycles. The molecule has 1 unspecified atom stereocenters. The third-order valence-electron chi connectivity index (χ3n) is 4.49. The van der Waals surface area contributed by atoms with Gasteiger partial charge in [0.05, 0.1) is 12.7 Å². The van der Waals surface area contributed by atoms with Crippen LogP contribution in [0.3, 0.4) is 0 Å². The van der Waals surface area contributed by atoms with Crippen LogP contribution in [0, 0.1) is 0 Å². The molecule has 1 aromatic rings. The van der Waals surface area contributed by atoms with E-state index < -0.39 is 0 Å². The molecular weight excluding hydrogens is 278 g/mol. The molecule has 5 nitrogen and oxygen atoms in total.